The Bertz CT molecular complexity index is 532. The summed E-state index contributed by atoms with van der Waals surface area (Å²) in [7, 11) is -1.95. The molecule has 3 nitrogen and oxygen atoms in total. The van der Waals surface area contributed by atoms with Crippen molar-refractivity contribution in [2.75, 3.05) is 6.61 Å². The van der Waals surface area contributed by atoms with Crippen molar-refractivity contribution in [1.29, 1.82) is 0 Å². The molecule has 0 amide bonds. The van der Waals surface area contributed by atoms with E-state index in [1.165, 1.54) is 0 Å². The second-order valence-electron chi connectivity index (χ2n) is 9.05. The van der Waals surface area contributed by atoms with E-state index < -0.39 is 14.1 Å². The Morgan fingerprint density at radius 2 is 1.54 bits per heavy atom. The first-order valence-electron chi connectivity index (χ1n) is 10.3. The molecular weight excluding hydrogens is 340 g/mol. The van der Waals surface area contributed by atoms with E-state index in [9.17, 15) is 10.2 Å². The third-order valence-electron chi connectivity index (χ3n) is 6.50. The average molecular weight is 379 g/mol. The Hall–Kier alpha value is -0.683. The number of benzene rings is 1. The molecule has 2 atom stereocenters. The van der Waals surface area contributed by atoms with Crippen molar-refractivity contribution in [3.8, 4) is 0 Å². The van der Waals surface area contributed by atoms with Gasteiger partial charge in [-0.2, -0.15) is 0 Å². The largest absolute Gasteiger partial charge is 0.416 e. The number of hydrogen-bond donors (Lipinski definition) is 2. The quantitative estimate of drug-likeness (QED) is 0.490. The molecule has 1 aromatic carbocycles. The van der Waals surface area contributed by atoms with E-state index in [4.69, 9.17) is 4.43 Å². The first kappa shape index (κ1) is 21.6. The Kier molecular flexibility index (Phi) is 7.11. The first-order chi connectivity index (χ1) is 12.1. The predicted octanol–water partition coefficient (Wildman–Crippen LogP) is 5.44. The lowest BCUT2D eigenvalue weighted by atomic mass is 9.72. The van der Waals surface area contributed by atoms with Crippen molar-refractivity contribution in [1.82, 2.24) is 0 Å². The maximum atomic E-state index is 10.7. The number of hydrogen-bond acceptors (Lipinski definition) is 3. The summed E-state index contributed by atoms with van der Waals surface area (Å²) in [5.74, 6) is -1.79. The summed E-state index contributed by atoms with van der Waals surface area (Å²) in [5.41, 5.74) is 2.62. The molecule has 4 heteroatoms. The lowest BCUT2D eigenvalue weighted by molar-refractivity contribution is -0.209. The van der Waals surface area contributed by atoms with E-state index in [2.05, 4.69) is 41.5 Å². The van der Waals surface area contributed by atoms with Crippen molar-refractivity contribution < 1.29 is 14.6 Å². The maximum Gasteiger partial charge on any atom is 0.200 e. The average Bonchev–Trinajstić information content (AvgIpc) is 2.54. The number of aliphatic hydroxyl groups is 2. The van der Waals surface area contributed by atoms with Gasteiger partial charge in [0.2, 0.25) is 0 Å². The van der Waals surface area contributed by atoms with Gasteiger partial charge in [-0.25, -0.2) is 0 Å². The Morgan fingerprint density at radius 1 is 1.00 bits per heavy atom. The molecule has 1 aliphatic rings. The Balaban J connectivity index is 2.27. The normalized spacial score (nSPS) is 23.8. The minimum Gasteiger partial charge on any atom is -0.416 e. The van der Waals surface area contributed by atoms with Crippen LogP contribution in [0, 0.1) is 5.92 Å². The summed E-state index contributed by atoms with van der Waals surface area (Å²) in [6.45, 7) is 14.4. The third-order valence-corrected chi connectivity index (χ3v) is 12.6. The van der Waals surface area contributed by atoms with Gasteiger partial charge in [-0.15, -0.1) is 0 Å². The fourth-order valence-electron chi connectivity index (χ4n) is 5.45. The molecule has 0 heterocycles. The molecule has 0 spiro atoms. The van der Waals surface area contributed by atoms with Crippen LogP contribution >= 0.6 is 0 Å². The van der Waals surface area contributed by atoms with E-state index in [1.54, 1.807) is 0 Å². The van der Waals surface area contributed by atoms with E-state index in [0.29, 0.717) is 29.7 Å². The molecule has 0 radical (unpaired) electrons. The van der Waals surface area contributed by atoms with Gasteiger partial charge in [-0.3, -0.25) is 0 Å². The summed E-state index contributed by atoms with van der Waals surface area (Å²) in [4.78, 5) is 0. The summed E-state index contributed by atoms with van der Waals surface area (Å²) < 4.78 is 6.82. The van der Waals surface area contributed by atoms with Gasteiger partial charge in [0.15, 0.2) is 14.1 Å². The van der Waals surface area contributed by atoms with E-state index in [0.717, 1.165) is 18.4 Å². The molecule has 0 aliphatic heterocycles. The molecule has 1 aromatic rings. The van der Waals surface area contributed by atoms with Gasteiger partial charge in [0, 0.05) is 18.9 Å². The van der Waals surface area contributed by atoms with Crippen LogP contribution < -0.4 is 0 Å². The van der Waals surface area contributed by atoms with Crippen LogP contribution in [0.25, 0.3) is 0 Å². The molecule has 148 valence electrons. The molecule has 2 unspecified atom stereocenters. The molecule has 26 heavy (non-hydrogen) atoms. The van der Waals surface area contributed by atoms with Crippen LogP contribution in [0.2, 0.25) is 16.6 Å². The van der Waals surface area contributed by atoms with Gasteiger partial charge < -0.3 is 14.6 Å². The van der Waals surface area contributed by atoms with Crippen LogP contribution in [0.3, 0.4) is 0 Å². The fourth-order valence-corrected chi connectivity index (χ4v) is 11.0. The molecule has 1 aliphatic carbocycles. The van der Waals surface area contributed by atoms with Gasteiger partial charge in [0.25, 0.3) is 0 Å². The van der Waals surface area contributed by atoms with Gasteiger partial charge >= 0.3 is 0 Å². The smallest absolute Gasteiger partial charge is 0.200 e. The van der Waals surface area contributed by atoms with Crippen molar-refractivity contribution in [3.63, 3.8) is 0 Å². The van der Waals surface area contributed by atoms with Crippen molar-refractivity contribution in [2.45, 2.75) is 89.1 Å². The minimum atomic E-state index is -1.95. The van der Waals surface area contributed by atoms with Gasteiger partial charge in [-0.1, -0.05) is 71.9 Å². The van der Waals surface area contributed by atoms with Crippen molar-refractivity contribution >= 4 is 8.32 Å². The zero-order valence-electron chi connectivity index (χ0n) is 17.4. The van der Waals surface area contributed by atoms with E-state index in [-0.39, 0.29) is 11.8 Å². The van der Waals surface area contributed by atoms with Crippen LogP contribution in [0.4, 0.5) is 0 Å². The van der Waals surface area contributed by atoms with Crippen molar-refractivity contribution in [3.05, 3.63) is 35.9 Å². The van der Waals surface area contributed by atoms with Crippen LogP contribution in [0.5, 0.6) is 0 Å². The fraction of sp³-hybridized carbons (Fsp3) is 0.727. The van der Waals surface area contributed by atoms with Crippen molar-refractivity contribution in [2.24, 2.45) is 5.92 Å². The van der Waals surface area contributed by atoms with Gasteiger partial charge in [-0.05, 0) is 40.9 Å². The highest BCUT2D eigenvalue weighted by molar-refractivity contribution is 6.77. The zero-order valence-corrected chi connectivity index (χ0v) is 18.4. The molecule has 1 saturated carbocycles. The summed E-state index contributed by atoms with van der Waals surface area (Å²) in [5, 5.41) is 21.5. The molecule has 1 fully saturated rings. The highest BCUT2D eigenvalue weighted by Crippen LogP contribution is 2.47. The first-order valence-corrected chi connectivity index (χ1v) is 12.4. The SMILES string of the molecule is CC(C)[Si](OCC1CCCC(O)(O)C1c1ccccc1)(C(C)C)C(C)C. The van der Waals surface area contributed by atoms with Crippen LogP contribution in [0.1, 0.15) is 72.3 Å². The lowest BCUT2D eigenvalue weighted by Crippen LogP contribution is -2.51. The third kappa shape index (κ3) is 4.24. The van der Waals surface area contributed by atoms with Crippen LogP contribution in [-0.2, 0) is 4.43 Å². The molecular formula is C22H38O3Si. The highest BCUT2D eigenvalue weighted by atomic mass is 28.4. The zero-order chi connectivity index (χ0) is 19.5. The summed E-state index contributed by atoms with van der Waals surface area (Å²) >= 11 is 0. The van der Waals surface area contributed by atoms with Crippen LogP contribution in [0.15, 0.2) is 30.3 Å². The van der Waals surface area contributed by atoms with Gasteiger partial charge in [0.05, 0.1) is 0 Å². The summed E-state index contributed by atoms with van der Waals surface area (Å²) in [6.07, 6.45) is 2.26. The van der Waals surface area contributed by atoms with Gasteiger partial charge in [0.1, 0.15) is 0 Å². The summed E-state index contributed by atoms with van der Waals surface area (Å²) in [6, 6.07) is 9.97. The topological polar surface area (TPSA) is 49.7 Å². The van der Waals surface area contributed by atoms with Crippen LogP contribution in [-0.4, -0.2) is 30.9 Å². The Morgan fingerprint density at radius 3 is 2.04 bits per heavy atom. The molecule has 2 N–H and O–H groups in total. The maximum absolute atomic E-state index is 10.7. The number of rotatable bonds is 7. The molecule has 0 bridgehead atoms. The second-order valence-corrected chi connectivity index (χ2v) is 14.5. The molecule has 2 rings (SSSR count). The Labute approximate surface area is 160 Å². The standard InChI is InChI=1S/C22H38O3Si/c1-16(2)26(17(3)4,18(5)6)25-15-20-13-10-14-22(23,24)21(20)19-11-8-7-9-12-19/h7-9,11-12,16-18,20-21,23-24H,10,13-15H2,1-6H3. The molecule has 0 saturated heterocycles. The molecule has 0 aromatic heterocycles. The predicted molar refractivity (Wildman–Crippen MR) is 111 cm³/mol. The van der Waals surface area contributed by atoms with E-state index in [1.807, 2.05) is 30.3 Å². The highest BCUT2D eigenvalue weighted by Gasteiger charge is 2.48. The monoisotopic (exact) mass is 378 g/mol. The second kappa shape index (κ2) is 8.55. The minimum absolute atomic E-state index is 0.143. The lowest BCUT2D eigenvalue weighted by Gasteiger charge is -2.46. The van der Waals surface area contributed by atoms with E-state index >= 15 is 0 Å².